The Morgan fingerprint density at radius 2 is 1.84 bits per heavy atom. The Labute approximate surface area is 116 Å². The second-order valence-electron chi connectivity index (χ2n) is 7.24. The van der Waals surface area contributed by atoms with Crippen LogP contribution >= 0.6 is 0 Å². The molecule has 1 amide bonds. The van der Waals surface area contributed by atoms with Gasteiger partial charge < -0.3 is 15.7 Å². The highest BCUT2D eigenvalue weighted by molar-refractivity contribution is 5.78. The molecule has 19 heavy (non-hydrogen) atoms. The fourth-order valence-electron chi connectivity index (χ4n) is 2.61. The zero-order valence-corrected chi connectivity index (χ0v) is 12.3. The van der Waals surface area contributed by atoms with Gasteiger partial charge in [-0.05, 0) is 56.4 Å². The molecule has 0 unspecified atom stereocenters. The quantitative estimate of drug-likeness (QED) is 0.683. The van der Waals surface area contributed by atoms with Crippen LogP contribution < -0.4 is 10.6 Å². The molecule has 3 N–H and O–H groups in total. The van der Waals surface area contributed by atoms with Crippen LogP contribution in [0.15, 0.2) is 0 Å². The SMILES string of the molecule is CC1(C)CCC(O)(CNC(=O)CNCC2CC2)CC1. The van der Waals surface area contributed by atoms with Gasteiger partial charge in [0.1, 0.15) is 0 Å². The van der Waals surface area contributed by atoms with Gasteiger partial charge in [0.05, 0.1) is 12.1 Å². The average molecular weight is 268 g/mol. The molecule has 0 saturated heterocycles. The number of aliphatic hydroxyl groups is 1. The Bertz CT molecular complexity index is 314. The molecule has 0 radical (unpaired) electrons. The molecule has 0 bridgehead atoms. The number of amides is 1. The molecule has 0 aromatic heterocycles. The van der Waals surface area contributed by atoms with Crippen LogP contribution in [0.3, 0.4) is 0 Å². The highest BCUT2D eigenvalue weighted by atomic mass is 16.3. The van der Waals surface area contributed by atoms with Crippen molar-refractivity contribution in [2.75, 3.05) is 19.6 Å². The van der Waals surface area contributed by atoms with Gasteiger partial charge in [-0.1, -0.05) is 13.8 Å². The lowest BCUT2D eigenvalue weighted by atomic mass is 9.71. The van der Waals surface area contributed by atoms with Gasteiger partial charge in [0, 0.05) is 6.54 Å². The van der Waals surface area contributed by atoms with Crippen molar-refractivity contribution in [1.29, 1.82) is 0 Å². The smallest absolute Gasteiger partial charge is 0.234 e. The van der Waals surface area contributed by atoms with E-state index >= 15 is 0 Å². The molecule has 0 spiro atoms. The summed E-state index contributed by atoms with van der Waals surface area (Å²) in [5.41, 5.74) is -0.357. The van der Waals surface area contributed by atoms with Gasteiger partial charge in [-0.2, -0.15) is 0 Å². The van der Waals surface area contributed by atoms with E-state index in [0.717, 1.165) is 38.1 Å². The molecule has 0 atom stereocenters. The van der Waals surface area contributed by atoms with E-state index in [4.69, 9.17) is 0 Å². The summed E-state index contributed by atoms with van der Waals surface area (Å²) < 4.78 is 0. The van der Waals surface area contributed by atoms with Gasteiger partial charge in [0.15, 0.2) is 0 Å². The summed E-state index contributed by atoms with van der Waals surface area (Å²) >= 11 is 0. The maximum Gasteiger partial charge on any atom is 0.234 e. The molecular formula is C15H28N2O2. The van der Waals surface area contributed by atoms with Crippen LogP contribution in [-0.2, 0) is 4.79 Å². The minimum Gasteiger partial charge on any atom is -0.388 e. The first-order chi connectivity index (χ1) is 8.89. The van der Waals surface area contributed by atoms with Crippen LogP contribution in [0.5, 0.6) is 0 Å². The van der Waals surface area contributed by atoms with Crippen molar-refractivity contribution < 1.29 is 9.90 Å². The van der Waals surface area contributed by atoms with Crippen molar-refractivity contribution in [3.8, 4) is 0 Å². The van der Waals surface area contributed by atoms with Gasteiger partial charge in [-0.25, -0.2) is 0 Å². The largest absolute Gasteiger partial charge is 0.388 e. The molecule has 0 aliphatic heterocycles. The summed E-state index contributed by atoms with van der Waals surface area (Å²) in [6, 6.07) is 0. The topological polar surface area (TPSA) is 61.4 Å². The first kappa shape index (κ1) is 14.8. The number of nitrogens with one attached hydrogen (secondary N) is 2. The van der Waals surface area contributed by atoms with E-state index < -0.39 is 5.60 Å². The fraction of sp³-hybridized carbons (Fsp3) is 0.933. The summed E-state index contributed by atoms with van der Waals surface area (Å²) in [5, 5.41) is 16.5. The second kappa shape index (κ2) is 5.80. The van der Waals surface area contributed by atoms with Crippen molar-refractivity contribution in [2.45, 2.75) is 58.0 Å². The molecule has 4 heteroatoms. The summed E-state index contributed by atoms with van der Waals surface area (Å²) in [4.78, 5) is 11.7. The van der Waals surface area contributed by atoms with Crippen LogP contribution in [0.4, 0.5) is 0 Å². The van der Waals surface area contributed by atoms with E-state index in [1.807, 2.05) is 0 Å². The van der Waals surface area contributed by atoms with Crippen molar-refractivity contribution in [3.05, 3.63) is 0 Å². The van der Waals surface area contributed by atoms with Crippen molar-refractivity contribution in [3.63, 3.8) is 0 Å². The third-order valence-corrected chi connectivity index (χ3v) is 4.56. The van der Waals surface area contributed by atoms with E-state index in [2.05, 4.69) is 24.5 Å². The van der Waals surface area contributed by atoms with Gasteiger partial charge in [0.2, 0.25) is 5.91 Å². The number of carbonyl (C=O) groups is 1. The van der Waals surface area contributed by atoms with Gasteiger partial charge in [0.25, 0.3) is 0 Å². The second-order valence-corrected chi connectivity index (χ2v) is 7.24. The molecule has 0 aromatic carbocycles. The Hall–Kier alpha value is -0.610. The molecule has 2 saturated carbocycles. The van der Waals surface area contributed by atoms with Crippen LogP contribution in [0.25, 0.3) is 0 Å². The standard InChI is InChI=1S/C15H28N2O2/c1-14(2)5-7-15(19,8-6-14)11-17-13(18)10-16-9-12-3-4-12/h12,16,19H,3-11H2,1-2H3,(H,17,18). The Morgan fingerprint density at radius 1 is 1.21 bits per heavy atom. The zero-order chi connectivity index (χ0) is 13.9. The molecule has 2 aliphatic carbocycles. The molecule has 110 valence electrons. The lowest BCUT2D eigenvalue weighted by Crippen LogP contribution is -2.48. The predicted octanol–water partition coefficient (Wildman–Crippen LogP) is 1.43. The average Bonchev–Trinajstić information content (AvgIpc) is 3.16. The number of rotatable bonds is 6. The third-order valence-electron chi connectivity index (χ3n) is 4.56. The van der Waals surface area contributed by atoms with Gasteiger partial charge >= 0.3 is 0 Å². The van der Waals surface area contributed by atoms with Crippen molar-refractivity contribution in [1.82, 2.24) is 10.6 Å². The molecule has 4 nitrogen and oxygen atoms in total. The molecular weight excluding hydrogens is 240 g/mol. The minimum absolute atomic E-state index is 0.00101. The highest BCUT2D eigenvalue weighted by Crippen LogP contribution is 2.39. The molecule has 0 aromatic rings. The lowest BCUT2D eigenvalue weighted by molar-refractivity contribution is -0.122. The summed E-state index contributed by atoms with van der Waals surface area (Å²) in [6.07, 6.45) is 6.22. The first-order valence-corrected chi connectivity index (χ1v) is 7.58. The third kappa shape index (κ3) is 5.11. The maximum atomic E-state index is 11.7. The summed E-state index contributed by atoms with van der Waals surface area (Å²) in [5.74, 6) is 0.788. The van der Waals surface area contributed by atoms with Crippen LogP contribution in [-0.4, -0.2) is 36.2 Å². The van der Waals surface area contributed by atoms with E-state index in [0.29, 0.717) is 18.5 Å². The maximum absolute atomic E-state index is 11.7. The monoisotopic (exact) mass is 268 g/mol. The summed E-state index contributed by atoms with van der Waals surface area (Å²) in [6.45, 7) is 6.21. The lowest BCUT2D eigenvalue weighted by Gasteiger charge is -2.40. The van der Waals surface area contributed by atoms with Gasteiger partial charge in [-0.15, -0.1) is 0 Å². The van der Waals surface area contributed by atoms with Crippen LogP contribution in [0.1, 0.15) is 52.4 Å². The molecule has 2 fully saturated rings. The summed E-state index contributed by atoms with van der Waals surface area (Å²) in [7, 11) is 0. The normalized spacial score (nSPS) is 25.0. The van der Waals surface area contributed by atoms with Crippen molar-refractivity contribution in [2.24, 2.45) is 11.3 Å². The van der Waals surface area contributed by atoms with E-state index in [1.54, 1.807) is 0 Å². The Balaban J connectivity index is 1.62. The highest BCUT2D eigenvalue weighted by Gasteiger charge is 2.36. The van der Waals surface area contributed by atoms with E-state index in [1.165, 1.54) is 12.8 Å². The van der Waals surface area contributed by atoms with E-state index in [9.17, 15) is 9.90 Å². The first-order valence-electron chi connectivity index (χ1n) is 7.58. The van der Waals surface area contributed by atoms with E-state index in [-0.39, 0.29) is 5.91 Å². The van der Waals surface area contributed by atoms with Crippen molar-refractivity contribution >= 4 is 5.91 Å². The number of hydrogen-bond donors (Lipinski definition) is 3. The number of carbonyl (C=O) groups excluding carboxylic acids is 1. The molecule has 2 aliphatic rings. The predicted molar refractivity (Wildman–Crippen MR) is 75.8 cm³/mol. The molecule has 0 heterocycles. The Kier molecular flexibility index (Phi) is 4.51. The van der Waals surface area contributed by atoms with Crippen LogP contribution in [0.2, 0.25) is 0 Å². The Morgan fingerprint density at radius 3 is 2.42 bits per heavy atom. The van der Waals surface area contributed by atoms with Crippen LogP contribution in [0, 0.1) is 11.3 Å². The number of hydrogen-bond acceptors (Lipinski definition) is 3. The molecule has 2 rings (SSSR count). The minimum atomic E-state index is -0.693. The fourth-order valence-corrected chi connectivity index (χ4v) is 2.61. The zero-order valence-electron chi connectivity index (χ0n) is 12.3. The van der Waals surface area contributed by atoms with Gasteiger partial charge in [-0.3, -0.25) is 4.79 Å².